The van der Waals surface area contributed by atoms with Crippen molar-refractivity contribution in [1.29, 1.82) is 0 Å². The van der Waals surface area contributed by atoms with Crippen molar-refractivity contribution in [1.82, 2.24) is 4.90 Å². The van der Waals surface area contributed by atoms with E-state index in [1.165, 1.54) is 0 Å². The van der Waals surface area contributed by atoms with Gasteiger partial charge in [-0.05, 0) is 21.5 Å². The van der Waals surface area contributed by atoms with Gasteiger partial charge >= 0.3 is 6.09 Å². The Kier molecular flexibility index (Phi) is 5.91. The molecule has 1 unspecified atom stereocenters. The third-order valence-corrected chi connectivity index (χ3v) is 3.45. The monoisotopic (exact) mass is 369 g/mol. The third-order valence-electron chi connectivity index (χ3n) is 2.98. The number of hydrogen-bond acceptors (Lipinski definition) is 6. The van der Waals surface area contributed by atoms with Crippen LogP contribution in [0.4, 0.5) is 4.79 Å². The Hall–Kier alpha value is -1.93. The molecule has 0 saturated heterocycles. The zero-order valence-electron chi connectivity index (χ0n) is 11.8. The largest absolute Gasteiger partial charge is 0.444 e. The maximum Gasteiger partial charge on any atom is 0.417 e. The second-order valence-corrected chi connectivity index (χ2v) is 5.56. The van der Waals surface area contributed by atoms with Crippen LogP contribution in [0, 0.1) is 0 Å². The van der Waals surface area contributed by atoms with Crippen LogP contribution in [0.25, 0.3) is 0 Å². The maximum atomic E-state index is 12.1. The van der Waals surface area contributed by atoms with Crippen LogP contribution in [0.1, 0.15) is 12.0 Å². The molecule has 1 heterocycles. The van der Waals surface area contributed by atoms with Gasteiger partial charge in [-0.2, -0.15) is 0 Å². The van der Waals surface area contributed by atoms with E-state index >= 15 is 0 Å². The van der Waals surface area contributed by atoms with Crippen LogP contribution in [-0.2, 0) is 21.0 Å². The quantitative estimate of drug-likeness (QED) is 0.850. The Morgan fingerprint density at radius 1 is 1.41 bits per heavy atom. The molecule has 8 heteroatoms. The van der Waals surface area contributed by atoms with E-state index in [-0.39, 0.29) is 19.7 Å². The SMILES string of the molecule is NCC(=O)N(CC1CC(Br)=NO1)C(=O)OCc1ccccc1. The van der Waals surface area contributed by atoms with Crippen molar-refractivity contribution in [2.75, 3.05) is 13.1 Å². The lowest BCUT2D eigenvalue weighted by Gasteiger charge is -2.21. The predicted molar refractivity (Wildman–Crippen MR) is 83.2 cm³/mol. The van der Waals surface area contributed by atoms with E-state index in [0.717, 1.165) is 10.5 Å². The second-order valence-electron chi connectivity index (χ2n) is 4.65. The Balaban J connectivity index is 1.93. The Bertz CT molecular complexity index is 564. The number of imide groups is 1. The molecule has 0 saturated carbocycles. The Morgan fingerprint density at radius 2 is 2.14 bits per heavy atom. The average Bonchev–Trinajstić information content (AvgIpc) is 2.96. The van der Waals surface area contributed by atoms with E-state index in [1.54, 1.807) is 0 Å². The van der Waals surface area contributed by atoms with Crippen molar-refractivity contribution in [2.24, 2.45) is 10.9 Å². The van der Waals surface area contributed by atoms with Gasteiger partial charge in [0.15, 0.2) is 6.10 Å². The molecule has 1 aromatic rings. The molecular formula is C14H16BrN3O4. The third kappa shape index (κ3) is 4.54. The first-order valence-electron chi connectivity index (χ1n) is 6.69. The van der Waals surface area contributed by atoms with Crippen molar-refractivity contribution in [3.63, 3.8) is 0 Å². The molecule has 0 bridgehead atoms. The molecule has 1 aromatic carbocycles. The van der Waals surface area contributed by atoms with Gasteiger partial charge in [0.1, 0.15) is 11.2 Å². The molecule has 2 rings (SSSR count). The smallest absolute Gasteiger partial charge is 0.417 e. The van der Waals surface area contributed by atoms with Crippen LogP contribution in [0.3, 0.4) is 0 Å². The van der Waals surface area contributed by atoms with Gasteiger partial charge in [0, 0.05) is 6.42 Å². The van der Waals surface area contributed by atoms with Crippen molar-refractivity contribution in [2.45, 2.75) is 19.1 Å². The molecule has 0 aliphatic carbocycles. The average molecular weight is 370 g/mol. The molecule has 2 amide bonds. The Labute approximate surface area is 136 Å². The summed E-state index contributed by atoms with van der Waals surface area (Å²) >= 11 is 3.20. The number of ether oxygens (including phenoxy) is 1. The minimum Gasteiger partial charge on any atom is -0.444 e. The molecule has 0 radical (unpaired) electrons. The van der Waals surface area contributed by atoms with Crippen molar-refractivity contribution >= 4 is 32.6 Å². The molecule has 0 spiro atoms. The number of rotatable bonds is 5. The van der Waals surface area contributed by atoms with E-state index in [2.05, 4.69) is 21.1 Å². The van der Waals surface area contributed by atoms with Crippen LogP contribution in [0.2, 0.25) is 0 Å². The molecular weight excluding hydrogens is 354 g/mol. The summed E-state index contributed by atoms with van der Waals surface area (Å²) in [4.78, 5) is 30.0. The highest BCUT2D eigenvalue weighted by Crippen LogP contribution is 2.16. The normalized spacial score (nSPS) is 16.6. The zero-order chi connectivity index (χ0) is 15.9. The molecule has 22 heavy (non-hydrogen) atoms. The van der Waals surface area contributed by atoms with Gasteiger partial charge in [-0.3, -0.25) is 4.79 Å². The molecule has 7 nitrogen and oxygen atoms in total. The second kappa shape index (κ2) is 7.90. The van der Waals surface area contributed by atoms with E-state index < -0.39 is 18.1 Å². The van der Waals surface area contributed by atoms with Gasteiger partial charge in [-0.15, -0.1) is 0 Å². The molecule has 1 aliphatic heterocycles. The number of benzene rings is 1. The molecule has 1 aliphatic rings. The minimum atomic E-state index is -0.745. The summed E-state index contributed by atoms with van der Waals surface area (Å²) in [6, 6.07) is 9.20. The summed E-state index contributed by atoms with van der Waals surface area (Å²) in [5.41, 5.74) is 6.17. The highest BCUT2D eigenvalue weighted by atomic mass is 79.9. The summed E-state index contributed by atoms with van der Waals surface area (Å²) in [6.07, 6.45) is -0.652. The van der Waals surface area contributed by atoms with E-state index in [0.29, 0.717) is 11.0 Å². The first-order chi connectivity index (χ1) is 10.6. The van der Waals surface area contributed by atoms with E-state index in [4.69, 9.17) is 15.3 Å². The molecule has 0 aromatic heterocycles. The number of hydrogen-bond donors (Lipinski definition) is 1. The number of halogens is 1. The maximum absolute atomic E-state index is 12.1. The summed E-state index contributed by atoms with van der Waals surface area (Å²) in [7, 11) is 0. The van der Waals surface area contributed by atoms with Crippen LogP contribution >= 0.6 is 15.9 Å². The fraction of sp³-hybridized carbons (Fsp3) is 0.357. The van der Waals surface area contributed by atoms with Crippen LogP contribution < -0.4 is 5.73 Å². The van der Waals surface area contributed by atoms with Crippen molar-refractivity contribution < 1.29 is 19.2 Å². The van der Waals surface area contributed by atoms with Gasteiger partial charge in [-0.1, -0.05) is 35.5 Å². The first kappa shape index (κ1) is 16.4. The van der Waals surface area contributed by atoms with Gasteiger partial charge in [0.05, 0.1) is 13.1 Å². The van der Waals surface area contributed by atoms with Gasteiger partial charge in [0.25, 0.3) is 0 Å². The molecule has 0 fully saturated rings. The highest BCUT2D eigenvalue weighted by Gasteiger charge is 2.29. The number of oxime groups is 1. The lowest BCUT2D eigenvalue weighted by Crippen LogP contribution is -2.45. The lowest BCUT2D eigenvalue weighted by molar-refractivity contribution is -0.129. The minimum absolute atomic E-state index is 0.0439. The first-order valence-corrected chi connectivity index (χ1v) is 7.48. The summed E-state index contributed by atoms with van der Waals surface area (Å²) in [6.45, 7) is -0.156. The number of carbonyl (C=O) groups is 2. The fourth-order valence-electron chi connectivity index (χ4n) is 1.88. The van der Waals surface area contributed by atoms with Crippen LogP contribution in [0.15, 0.2) is 35.5 Å². The fourth-order valence-corrected chi connectivity index (χ4v) is 2.33. The van der Waals surface area contributed by atoms with Gasteiger partial charge < -0.3 is 15.3 Å². The number of carbonyl (C=O) groups excluding carboxylic acids is 2. The number of nitrogens with zero attached hydrogens (tertiary/aromatic N) is 2. The van der Waals surface area contributed by atoms with Crippen molar-refractivity contribution in [3.05, 3.63) is 35.9 Å². The summed E-state index contributed by atoms with van der Waals surface area (Å²) in [5.74, 6) is -0.523. The van der Waals surface area contributed by atoms with Crippen molar-refractivity contribution in [3.8, 4) is 0 Å². The summed E-state index contributed by atoms with van der Waals surface area (Å²) in [5, 5.41) is 3.72. The van der Waals surface area contributed by atoms with E-state index in [9.17, 15) is 9.59 Å². The Morgan fingerprint density at radius 3 is 2.73 bits per heavy atom. The molecule has 1 atom stereocenters. The molecule has 118 valence electrons. The summed E-state index contributed by atoms with van der Waals surface area (Å²) < 4.78 is 5.79. The van der Waals surface area contributed by atoms with Crippen LogP contribution in [0.5, 0.6) is 0 Å². The zero-order valence-corrected chi connectivity index (χ0v) is 13.4. The predicted octanol–water partition coefficient (Wildman–Crippen LogP) is 1.61. The number of amides is 2. The molecule has 2 N–H and O–H groups in total. The van der Waals surface area contributed by atoms with E-state index in [1.807, 2.05) is 30.3 Å². The lowest BCUT2D eigenvalue weighted by atomic mass is 10.2. The van der Waals surface area contributed by atoms with Gasteiger partial charge in [-0.25, -0.2) is 9.69 Å². The number of nitrogens with two attached hydrogens (primary N) is 1. The topological polar surface area (TPSA) is 94.2 Å². The van der Waals surface area contributed by atoms with Gasteiger partial charge in [0.2, 0.25) is 5.91 Å². The van der Waals surface area contributed by atoms with Crippen LogP contribution in [-0.4, -0.2) is 40.7 Å². The standard InChI is InChI=1S/C14H16BrN3O4/c15-12-6-11(22-17-12)8-18(13(19)7-16)14(20)21-9-10-4-2-1-3-5-10/h1-5,11H,6-9,16H2. The highest BCUT2D eigenvalue weighted by molar-refractivity contribution is 9.18.